The fourth-order valence-electron chi connectivity index (χ4n) is 2.54. The van der Waals surface area contributed by atoms with Crippen LogP contribution in [0, 0.1) is 5.92 Å². The number of thiazole rings is 1. The lowest BCUT2D eigenvalue weighted by Crippen LogP contribution is -2.44. The molecule has 0 amide bonds. The van der Waals surface area contributed by atoms with E-state index in [-0.39, 0.29) is 11.5 Å². The van der Waals surface area contributed by atoms with E-state index in [1.54, 1.807) is 11.3 Å². The van der Waals surface area contributed by atoms with Crippen molar-refractivity contribution >= 4 is 11.3 Å². The SMILES string of the molecule is CC(C)C1CC(O)(Cc2nc(C(C)(C)C)cs2)CCO1. The van der Waals surface area contributed by atoms with Gasteiger partial charge in [-0.25, -0.2) is 4.98 Å². The largest absolute Gasteiger partial charge is 0.389 e. The van der Waals surface area contributed by atoms with E-state index in [2.05, 4.69) is 40.0 Å². The van der Waals surface area contributed by atoms with Crippen molar-refractivity contribution in [1.82, 2.24) is 4.98 Å². The van der Waals surface area contributed by atoms with Crippen molar-refractivity contribution in [3.05, 3.63) is 16.1 Å². The quantitative estimate of drug-likeness (QED) is 0.927. The number of hydrogen-bond donors (Lipinski definition) is 1. The van der Waals surface area contributed by atoms with Gasteiger partial charge in [0.25, 0.3) is 0 Å². The van der Waals surface area contributed by atoms with Crippen LogP contribution in [-0.4, -0.2) is 28.4 Å². The Morgan fingerprint density at radius 3 is 2.75 bits per heavy atom. The molecule has 1 aromatic heterocycles. The molecule has 0 aromatic carbocycles. The second-order valence-corrected chi connectivity index (χ2v) is 8.33. The van der Waals surface area contributed by atoms with Gasteiger partial charge in [0.1, 0.15) is 0 Å². The van der Waals surface area contributed by atoms with E-state index in [4.69, 9.17) is 9.72 Å². The lowest BCUT2D eigenvalue weighted by atomic mass is 9.84. The Hall–Kier alpha value is -0.450. The minimum atomic E-state index is -0.653. The normalized spacial score (nSPS) is 28.1. The number of rotatable bonds is 3. The second kappa shape index (κ2) is 5.74. The van der Waals surface area contributed by atoms with Gasteiger partial charge in [-0.05, 0) is 5.92 Å². The van der Waals surface area contributed by atoms with Gasteiger partial charge in [-0.3, -0.25) is 0 Å². The molecular formula is C16H27NO2S. The van der Waals surface area contributed by atoms with Crippen LogP contribution in [0.1, 0.15) is 58.2 Å². The van der Waals surface area contributed by atoms with E-state index >= 15 is 0 Å². The van der Waals surface area contributed by atoms with Crippen molar-refractivity contribution in [3.8, 4) is 0 Å². The Labute approximate surface area is 126 Å². The summed E-state index contributed by atoms with van der Waals surface area (Å²) >= 11 is 1.67. The number of aliphatic hydroxyl groups is 1. The maximum Gasteiger partial charge on any atom is 0.0957 e. The Morgan fingerprint density at radius 2 is 2.20 bits per heavy atom. The van der Waals surface area contributed by atoms with Gasteiger partial charge in [0, 0.05) is 36.7 Å². The minimum Gasteiger partial charge on any atom is -0.389 e. The zero-order valence-corrected chi connectivity index (χ0v) is 14.1. The third-order valence-corrected chi connectivity index (χ3v) is 4.87. The van der Waals surface area contributed by atoms with Gasteiger partial charge in [-0.15, -0.1) is 11.3 Å². The van der Waals surface area contributed by atoms with Gasteiger partial charge in [-0.1, -0.05) is 34.6 Å². The van der Waals surface area contributed by atoms with Crippen LogP contribution in [-0.2, 0) is 16.6 Å². The highest BCUT2D eigenvalue weighted by atomic mass is 32.1. The van der Waals surface area contributed by atoms with E-state index in [0.29, 0.717) is 25.4 Å². The highest BCUT2D eigenvalue weighted by molar-refractivity contribution is 7.09. The van der Waals surface area contributed by atoms with E-state index in [1.807, 2.05) is 0 Å². The van der Waals surface area contributed by atoms with Crippen molar-refractivity contribution in [1.29, 1.82) is 0 Å². The predicted octanol–water partition coefficient (Wildman–Crippen LogP) is 3.55. The summed E-state index contributed by atoms with van der Waals surface area (Å²) in [6.07, 6.45) is 2.24. The molecular weight excluding hydrogens is 270 g/mol. The van der Waals surface area contributed by atoms with E-state index in [1.165, 1.54) is 0 Å². The van der Waals surface area contributed by atoms with E-state index < -0.39 is 5.60 Å². The summed E-state index contributed by atoms with van der Waals surface area (Å²) < 4.78 is 5.75. The van der Waals surface area contributed by atoms with Gasteiger partial charge in [0.05, 0.1) is 22.4 Å². The third kappa shape index (κ3) is 3.80. The molecule has 2 atom stereocenters. The third-order valence-electron chi connectivity index (χ3n) is 4.02. The zero-order chi connectivity index (χ0) is 15.0. The molecule has 1 fully saturated rings. The first-order valence-electron chi connectivity index (χ1n) is 7.48. The summed E-state index contributed by atoms with van der Waals surface area (Å²) in [5.41, 5.74) is 0.543. The van der Waals surface area contributed by atoms with Crippen molar-refractivity contribution in [2.75, 3.05) is 6.61 Å². The van der Waals surface area contributed by atoms with Crippen LogP contribution in [0.3, 0.4) is 0 Å². The molecule has 0 aliphatic carbocycles. The number of hydrogen-bond acceptors (Lipinski definition) is 4. The van der Waals surface area contributed by atoms with Gasteiger partial charge in [0.2, 0.25) is 0 Å². The number of ether oxygens (including phenoxy) is 1. The average Bonchev–Trinajstić information content (AvgIpc) is 2.76. The molecule has 2 heterocycles. The fourth-order valence-corrected chi connectivity index (χ4v) is 3.70. The Morgan fingerprint density at radius 1 is 1.50 bits per heavy atom. The maximum absolute atomic E-state index is 10.8. The van der Waals surface area contributed by atoms with Crippen LogP contribution < -0.4 is 0 Å². The highest BCUT2D eigenvalue weighted by Crippen LogP contribution is 2.33. The van der Waals surface area contributed by atoms with E-state index in [0.717, 1.165) is 17.1 Å². The summed E-state index contributed by atoms with van der Waals surface area (Å²) in [7, 11) is 0. The number of aromatic nitrogens is 1. The zero-order valence-electron chi connectivity index (χ0n) is 13.3. The lowest BCUT2D eigenvalue weighted by molar-refractivity contribution is -0.116. The van der Waals surface area contributed by atoms with Crippen molar-refractivity contribution in [2.45, 2.75) is 71.0 Å². The van der Waals surface area contributed by atoms with Gasteiger partial charge in [0.15, 0.2) is 0 Å². The summed E-state index contributed by atoms with van der Waals surface area (Å²) in [6.45, 7) is 11.5. The molecule has 0 bridgehead atoms. The number of nitrogens with zero attached hydrogens (tertiary/aromatic N) is 1. The molecule has 114 valence electrons. The molecule has 0 saturated carbocycles. The monoisotopic (exact) mass is 297 g/mol. The molecule has 1 aromatic rings. The molecule has 1 saturated heterocycles. The maximum atomic E-state index is 10.8. The molecule has 1 aliphatic rings. The van der Waals surface area contributed by atoms with Crippen LogP contribution in [0.5, 0.6) is 0 Å². The summed E-state index contributed by atoms with van der Waals surface area (Å²) in [4.78, 5) is 4.71. The van der Waals surface area contributed by atoms with E-state index in [9.17, 15) is 5.11 Å². The van der Waals surface area contributed by atoms with Gasteiger partial charge in [-0.2, -0.15) is 0 Å². The Bertz CT molecular complexity index is 450. The molecule has 20 heavy (non-hydrogen) atoms. The van der Waals surface area contributed by atoms with Crippen LogP contribution in [0.25, 0.3) is 0 Å². The lowest BCUT2D eigenvalue weighted by Gasteiger charge is -2.38. The van der Waals surface area contributed by atoms with Crippen LogP contribution in [0.15, 0.2) is 5.38 Å². The standard InChI is InChI=1S/C16H27NO2S/c1-11(2)12-8-16(18,6-7-19-12)9-14-17-13(10-20-14)15(3,4)5/h10-12,18H,6-9H2,1-5H3. The molecule has 0 spiro atoms. The first kappa shape index (κ1) is 15.9. The highest BCUT2D eigenvalue weighted by Gasteiger charge is 2.37. The van der Waals surface area contributed by atoms with Crippen LogP contribution in [0.2, 0.25) is 0 Å². The van der Waals surface area contributed by atoms with Crippen LogP contribution in [0.4, 0.5) is 0 Å². The molecule has 1 aliphatic heterocycles. The molecule has 0 radical (unpaired) electrons. The average molecular weight is 297 g/mol. The molecule has 2 rings (SSSR count). The van der Waals surface area contributed by atoms with Crippen LogP contribution >= 0.6 is 11.3 Å². The first-order valence-corrected chi connectivity index (χ1v) is 8.36. The molecule has 3 nitrogen and oxygen atoms in total. The van der Waals surface area contributed by atoms with Gasteiger partial charge >= 0.3 is 0 Å². The summed E-state index contributed by atoms with van der Waals surface area (Å²) in [5, 5.41) is 14.0. The van der Waals surface area contributed by atoms with Gasteiger partial charge < -0.3 is 9.84 Å². The second-order valence-electron chi connectivity index (χ2n) is 7.38. The Kier molecular flexibility index (Phi) is 4.57. The minimum absolute atomic E-state index is 0.0769. The predicted molar refractivity (Wildman–Crippen MR) is 83.3 cm³/mol. The smallest absolute Gasteiger partial charge is 0.0957 e. The Balaban J connectivity index is 2.06. The van der Waals surface area contributed by atoms with Crippen molar-refractivity contribution in [2.24, 2.45) is 5.92 Å². The summed E-state index contributed by atoms with van der Waals surface area (Å²) in [5.74, 6) is 0.447. The molecule has 2 unspecified atom stereocenters. The topological polar surface area (TPSA) is 42.4 Å². The fraction of sp³-hybridized carbons (Fsp3) is 0.812. The van der Waals surface area contributed by atoms with Crippen molar-refractivity contribution in [3.63, 3.8) is 0 Å². The first-order chi connectivity index (χ1) is 9.20. The molecule has 1 N–H and O–H groups in total. The molecule has 4 heteroatoms. The van der Waals surface area contributed by atoms with Crippen molar-refractivity contribution < 1.29 is 9.84 Å². The summed E-state index contributed by atoms with van der Waals surface area (Å²) in [6, 6.07) is 0.